The molecular weight excluding hydrogens is 376 g/mol. The molecule has 0 heterocycles. The lowest BCUT2D eigenvalue weighted by Crippen LogP contribution is -2.40. The van der Waals surface area contributed by atoms with Crippen LogP contribution in [0.15, 0.2) is 18.2 Å². The van der Waals surface area contributed by atoms with E-state index in [9.17, 15) is 13.2 Å². The summed E-state index contributed by atoms with van der Waals surface area (Å²) in [6.07, 6.45) is 5.11. The molecule has 2 aliphatic rings. The molecule has 0 bridgehead atoms. The van der Waals surface area contributed by atoms with Gasteiger partial charge in [-0.15, -0.1) is 0 Å². The number of rotatable bonds is 10. The number of amides is 1. The molecule has 0 saturated heterocycles. The Bertz CT molecular complexity index is 797. The zero-order valence-electron chi connectivity index (χ0n) is 17.2. The van der Waals surface area contributed by atoms with Crippen LogP contribution in [0, 0.1) is 5.92 Å². The van der Waals surface area contributed by atoms with Crippen LogP contribution in [0.25, 0.3) is 0 Å². The third-order valence-corrected chi connectivity index (χ3v) is 6.96. The van der Waals surface area contributed by atoms with Crippen LogP contribution in [-0.2, 0) is 21.5 Å². The molecule has 0 aromatic heterocycles. The molecule has 2 aliphatic carbocycles. The van der Waals surface area contributed by atoms with Crippen molar-refractivity contribution < 1.29 is 17.4 Å². The quantitative estimate of drug-likeness (QED) is 0.554. The molecule has 7 heteroatoms. The van der Waals surface area contributed by atoms with Crippen LogP contribution in [0.2, 0.25) is 0 Å². The van der Waals surface area contributed by atoms with Crippen molar-refractivity contribution in [2.75, 3.05) is 23.7 Å². The van der Waals surface area contributed by atoms with E-state index >= 15 is 0 Å². The van der Waals surface area contributed by atoms with E-state index in [-0.39, 0.29) is 23.6 Å². The van der Waals surface area contributed by atoms with E-state index in [0.29, 0.717) is 12.3 Å². The third kappa shape index (κ3) is 4.80. The maximum atomic E-state index is 12.9. The number of hydrogen-bond acceptors (Lipinski definition) is 5. The van der Waals surface area contributed by atoms with Crippen molar-refractivity contribution >= 4 is 21.7 Å². The number of benzene rings is 1. The minimum Gasteiger partial charge on any atom is -0.382 e. The van der Waals surface area contributed by atoms with Crippen LogP contribution in [-0.4, -0.2) is 44.1 Å². The fraction of sp³-hybridized carbons (Fsp3) is 0.667. The molecule has 2 fully saturated rings. The highest BCUT2D eigenvalue weighted by Crippen LogP contribution is 2.37. The Morgan fingerprint density at radius 1 is 1.11 bits per heavy atom. The van der Waals surface area contributed by atoms with Gasteiger partial charge in [-0.05, 0) is 52.5 Å². The molecule has 2 saturated carbocycles. The van der Waals surface area contributed by atoms with Gasteiger partial charge >= 0.3 is 10.1 Å². The Hall–Kier alpha value is -1.76. The number of nitrogens with zero attached hydrogens (tertiary/aromatic N) is 2. The van der Waals surface area contributed by atoms with Gasteiger partial charge in [0.05, 0.1) is 5.75 Å². The number of carbonyl (C=O) groups excluding carboxylic acids is 1. The molecule has 0 aliphatic heterocycles. The molecule has 3 rings (SSSR count). The lowest BCUT2D eigenvalue weighted by Gasteiger charge is -2.32. The predicted molar refractivity (Wildman–Crippen MR) is 111 cm³/mol. The first-order valence-corrected chi connectivity index (χ1v) is 12.1. The maximum absolute atomic E-state index is 12.9. The zero-order valence-corrected chi connectivity index (χ0v) is 18.0. The second kappa shape index (κ2) is 8.72. The summed E-state index contributed by atoms with van der Waals surface area (Å²) in [7, 11) is -3.64. The van der Waals surface area contributed by atoms with Gasteiger partial charge in [0.15, 0.2) is 0 Å². The zero-order chi connectivity index (χ0) is 20.3. The molecule has 0 spiro atoms. The van der Waals surface area contributed by atoms with Crippen molar-refractivity contribution in [3.63, 3.8) is 0 Å². The topological polar surface area (TPSA) is 66.9 Å². The molecule has 0 unspecified atom stereocenters. The normalized spacial score (nSPS) is 17.1. The van der Waals surface area contributed by atoms with Gasteiger partial charge in [-0.3, -0.25) is 4.79 Å². The van der Waals surface area contributed by atoms with E-state index in [2.05, 4.69) is 18.7 Å². The summed E-state index contributed by atoms with van der Waals surface area (Å²) in [5.41, 5.74) is 1.69. The fourth-order valence-electron chi connectivity index (χ4n) is 3.58. The minimum absolute atomic E-state index is 0.0880. The molecule has 1 aromatic carbocycles. The monoisotopic (exact) mass is 408 g/mol. The summed E-state index contributed by atoms with van der Waals surface area (Å²) in [5, 5.41) is 0. The molecule has 156 valence electrons. The molecule has 28 heavy (non-hydrogen) atoms. The first kappa shape index (κ1) is 21.0. The van der Waals surface area contributed by atoms with Crippen molar-refractivity contribution in [1.29, 1.82) is 0 Å². The summed E-state index contributed by atoms with van der Waals surface area (Å²) in [6.45, 7) is 7.75. The molecule has 1 amide bonds. The van der Waals surface area contributed by atoms with Crippen molar-refractivity contribution in [2.24, 2.45) is 5.92 Å². The molecule has 6 nitrogen and oxygen atoms in total. The summed E-state index contributed by atoms with van der Waals surface area (Å²) in [4.78, 5) is 17.0. The van der Waals surface area contributed by atoms with Gasteiger partial charge < -0.3 is 14.0 Å². The Morgan fingerprint density at radius 3 is 2.29 bits per heavy atom. The van der Waals surface area contributed by atoms with E-state index in [1.807, 2.05) is 17.0 Å². The van der Waals surface area contributed by atoms with E-state index in [0.717, 1.165) is 56.4 Å². The standard InChI is InChI=1S/C21H32N2O4S/c1-4-22(5-2)19-11-10-17(20(14-19)27-28(25,26)6-3)15-23(18-12-13-18)21(24)16-8-7-9-16/h10-11,14,16,18H,4-9,12-13,15H2,1-3H3. The Balaban J connectivity index is 1.89. The lowest BCUT2D eigenvalue weighted by atomic mass is 9.84. The molecule has 0 atom stereocenters. The van der Waals surface area contributed by atoms with Crippen LogP contribution in [0.1, 0.15) is 58.4 Å². The maximum Gasteiger partial charge on any atom is 0.308 e. The second-order valence-corrected chi connectivity index (χ2v) is 9.58. The Morgan fingerprint density at radius 2 is 1.79 bits per heavy atom. The first-order chi connectivity index (χ1) is 13.4. The lowest BCUT2D eigenvalue weighted by molar-refractivity contribution is -0.139. The van der Waals surface area contributed by atoms with Gasteiger partial charge in [0.2, 0.25) is 5.91 Å². The molecule has 1 aromatic rings. The number of carbonyl (C=O) groups is 1. The van der Waals surface area contributed by atoms with Crippen molar-refractivity contribution in [3.05, 3.63) is 23.8 Å². The summed E-state index contributed by atoms with van der Waals surface area (Å²) < 4.78 is 29.8. The van der Waals surface area contributed by atoms with Crippen LogP contribution in [0.4, 0.5) is 5.69 Å². The van der Waals surface area contributed by atoms with Crippen LogP contribution < -0.4 is 9.08 Å². The average Bonchev–Trinajstić information content (AvgIpc) is 3.45. The second-order valence-electron chi connectivity index (χ2n) is 7.72. The fourth-order valence-corrected chi connectivity index (χ4v) is 4.13. The van der Waals surface area contributed by atoms with Gasteiger partial charge in [0, 0.05) is 48.9 Å². The Kier molecular flexibility index (Phi) is 6.53. The summed E-state index contributed by atoms with van der Waals surface area (Å²) in [6, 6.07) is 5.99. The van der Waals surface area contributed by atoms with Gasteiger partial charge in [0.25, 0.3) is 0 Å². The molecule has 0 radical (unpaired) electrons. The molecule has 0 N–H and O–H groups in total. The largest absolute Gasteiger partial charge is 0.382 e. The predicted octanol–water partition coefficient (Wildman–Crippen LogP) is 3.55. The highest BCUT2D eigenvalue weighted by Gasteiger charge is 2.38. The highest BCUT2D eigenvalue weighted by atomic mass is 32.2. The number of anilines is 1. The summed E-state index contributed by atoms with van der Waals surface area (Å²) in [5.74, 6) is 0.610. The van der Waals surface area contributed by atoms with E-state index in [1.165, 1.54) is 0 Å². The van der Waals surface area contributed by atoms with Crippen LogP contribution in [0.5, 0.6) is 5.75 Å². The van der Waals surface area contributed by atoms with Crippen molar-refractivity contribution in [3.8, 4) is 5.75 Å². The SMILES string of the molecule is CCN(CC)c1ccc(CN(C(=O)C2CCC2)C2CC2)c(OS(=O)(=O)CC)c1. The van der Waals surface area contributed by atoms with Crippen LogP contribution in [0.3, 0.4) is 0 Å². The minimum atomic E-state index is -3.64. The van der Waals surface area contributed by atoms with Gasteiger partial charge in [-0.1, -0.05) is 12.5 Å². The average molecular weight is 409 g/mol. The van der Waals surface area contributed by atoms with E-state index in [4.69, 9.17) is 4.18 Å². The van der Waals surface area contributed by atoms with Crippen molar-refractivity contribution in [2.45, 2.75) is 65.5 Å². The van der Waals surface area contributed by atoms with Crippen LogP contribution >= 0.6 is 0 Å². The Labute approximate surface area is 169 Å². The highest BCUT2D eigenvalue weighted by molar-refractivity contribution is 7.87. The molecular formula is C21H32N2O4S. The third-order valence-electron chi connectivity index (χ3n) is 5.82. The number of hydrogen-bond donors (Lipinski definition) is 0. The summed E-state index contributed by atoms with van der Waals surface area (Å²) >= 11 is 0. The van der Waals surface area contributed by atoms with E-state index in [1.54, 1.807) is 13.0 Å². The van der Waals surface area contributed by atoms with E-state index < -0.39 is 10.1 Å². The smallest absolute Gasteiger partial charge is 0.308 e. The van der Waals surface area contributed by atoms with Gasteiger partial charge in [-0.2, -0.15) is 8.42 Å². The van der Waals surface area contributed by atoms with Crippen molar-refractivity contribution in [1.82, 2.24) is 4.90 Å². The first-order valence-electron chi connectivity index (χ1n) is 10.5. The van der Waals surface area contributed by atoms with Gasteiger partial charge in [0.1, 0.15) is 5.75 Å². The van der Waals surface area contributed by atoms with Gasteiger partial charge in [-0.25, -0.2) is 0 Å².